The number of nitrogens with zero attached hydrogens (tertiary/aromatic N) is 2. The number of hydrogen-bond donors (Lipinski definition) is 2. The molecule has 0 radical (unpaired) electrons. The molecular formula is C12H17N3O4S. The van der Waals surface area contributed by atoms with Gasteiger partial charge in [0.1, 0.15) is 6.04 Å². The molecule has 7 nitrogen and oxygen atoms in total. The van der Waals surface area contributed by atoms with Crippen LogP contribution < -0.4 is 10.6 Å². The van der Waals surface area contributed by atoms with Gasteiger partial charge < -0.3 is 15.7 Å². The fraction of sp³-hybridized carbons (Fsp3) is 0.583. The fourth-order valence-electron chi connectivity index (χ4n) is 2.40. The highest BCUT2D eigenvalue weighted by Crippen LogP contribution is 2.42. The Morgan fingerprint density at radius 2 is 2.35 bits per heavy atom. The molecule has 3 N–H and O–H groups in total. The summed E-state index contributed by atoms with van der Waals surface area (Å²) in [6, 6.07) is 0.861. The number of primary amides is 1. The second-order valence-electron chi connectivity index (χ2n) is 4.88. The average molecular weight is 299 g/mol. The van der Waals surface area contributed by atoms with E-state index in [4.69, 9.17) is 5.73 Å². The van der Waals surface area contributed by atoms with Crippen LogP contribution in [0.25, 0.3) is 0 Å². The maximum absolute atomic E-state index is 11.5. The number of aliphatic hydroxyl groups is 1. The van der Waals surface area contributed by atoms with Crippen molar-refractivity contribution in [2.24, 2.45) is 5.73 Å². The second kappa shape index (κ2) is 5.76. The molecule has 2 rings (SSSR count). The molecule has 1 aromatic rings. The number of nitrogens with two attached hydrogens (primary N) is 1. The number of hydrogen-bond acceptors (Lipinski definition) is 6. The topological polar surface area (TPSA) is 110 Å². The molecule has 1 amide bonds. The van der Waals surface area contributed by atoms with E-state index in [0.29, 0.717) is 22.8 Å². The second-order valence-corrected chi connectivity index (χ2v) is 5.94. The highest BCUT2D eigenvalue weighted by Gasteiger charge is 2.33. The molecule has 1 saturated heterocycles. The Hall–Kier alpha value is -1.67. The molecule has 0 aromatic carbocycles. The van der Waals surface area contributed by atoms with E-state index in [0.717, 1.165) is 24.2 Å². The van der Waals surface area contributed by atoms with Crippen molar-refractivity contribution in [2.75, 3.05) is 11.4 Å². The van der Waals surface area contributed by atoms with E-state index in [-0.39, 0.29) is 5.69 Å². The van der Waals surface area contributed by atoms with Gasteiger partial charge in [-0.15, -0.1) is 11.3 Å². The number of aliphatic hydroxyl groups excluding tert-OH is 1. The molecule has 0 spiro atoms. The molecular weight excluding hydrogens is 282 g/mol. The van der Waals surface area contributed by atoms with Crippen LogP contribution in [0.15, 0.2) is 6.07 Å². The summed E-state index contributed by atoms with van der Waals surface area (Å²) in [4.78, 5) is 24.4. The quantitative estimate of drug-likeness (QED) is 0.647. The monoisotopic (exact) mass is 299 g/mol. The Morgan fingerprint density at radius 1 is 1.65 bits per heavy atom. The van der Waals surface area contributed by atoms with Gasteiger partial charge in [0.25, 0.3) is 0 Å². The maximum atomic E-state index is 11.5. The predicted molar refractivity (Wildman–Crippen MR) is 75.8 cm³/mol. The van der Waals surface area contributed by atoms with Gasteiger partial charge in [0, 0.05) is 17.5 Å². The summed E-state index contributed by atoms with van der Waals surface area (Å²) in [5.41, 5.74) is 5.32. The predicted octanol–water partition coefficient (Wildman–Crippen LogP) is 1.55. The largest absolute Gasteiger partial charge is 0.388 e. The van der Waals surface area contributed by atoms with Crippen molar-refractivity contribution in [3.63, 3.8) is 0 Å². The van der Waals surface area contributed by atoms with E-state index >= 15 is 0 Å². The lowest BCUT2D eigenvalue weighted by Crippen LogP contribution is -2.47. The first-order valence-electron chi connectivity index (χ1n) is 6.44. The molecule has 2 heterocycles. The van der Waals surface area contributed by atoms with Crippen LogP contribution in [0, 0.1) is 10.1 Å². The highest BCUT2D eigenvalue weighted by molar-refractivity contribution is 7.16. The Bertz CT molecular complexity index is 529. The van der Waals surface area contributed by atoms with Gasteiger partial charge in [0.05, 0.1) is 11.0 Å². The Kier molecular flexibility index (Phi) is 4.24. The van der Waals surface area contributed by atoms with E-state index in [9.17, 15) is 20.0 Å². The van der Waals surface area contributed by atoms with Crippen molar-refractivity contribution in [3.05, 3.63) is 21.1 Å². The van der Waals surface area contributed by atoms with Gasteiger partial charge in [-0.3, -0.25) is 14.9 Å². The van der Waals surface area contributed by atoms with Crippen molar-refractivity contribution in [2.45, 2.75) is 38.3 Å². The highest BCUT2D eigenvalue weighted by atomic mass is 32.1. The van der Waals surface area contributed by atoms with Crippen LogP contribution in [0.1, 0.15) is 37.2 Å². The van der Waals surface area contributed by atoms with Crippen molar-refractivity contribution in [1.29, 1.82) is 0 Å². The van der Waals surface area contributed by atoms with Gasteiger partial charge in [-0.2, -0.15) is 0 Å². The Labute approximate surface area is 120 Å². The molecule has 2 atom stereocenters. The first-order chi connectivity index (χ1) is 9.41. The van der Waals surface area contributed by atoms with Gasteiger partial charge in [-0.25, -0.2) is 0 Å². The third kappa shape index (κ3) is 2.75. The zero-order valence-electron chi connectivity index (χ0n) is 11.1. The minimum Gasteiger partial charge on any atom is -0.388 e. The van der Waals surface area contributed by atoms with E-state index in [2.05, 4.69) is 0 Å². The fourth-order valence-corrected chi connectivity index (χ4v) is 3.54. The smallest absolute Gasteiger partial charge is 0.304 e. The summed E-state index contributed by atoms with van der Waals surface area (Å²) >= 11 is 1.15. The lowest BCUT2D eigenvalue weighted by atomic mass is 10.0. The standard InChI is InChI=1S/C12H17N3O4S/c1-7(16)10-6-9(15(18)19)12(20-10)14-5-3-2-4-8(14)11(13)17/h6-8,16H,2-5H2,1H3,(H2,13,17)/t7-,8?/m0/s1. The molecule has 1 fully saturated rings. The van der Waals surface area contributed by atoms with Crippen LogP contribution in [0.3, 0.4) is 0 Å². The van der Waals surface area contributed by atoms with Crippen LogP contribution >= 0.6 is 11.3 Å². The molecule has 1 aromatic heterocycles. The third-order valence-corrected chi connectivity index (χ3v) is 4.74. The SMILES string of the molecule is C[C@H](O)c1cc([N+](=O)[O-])c(N2CCCCC2C(N)=O)s1. The van der Waals surface area contributed by atoms with Crippen LogP contribution in [-0.4, -0.2) is 28.5 Å². The summed E-state index contributed by atoms with van der Waals surface area (Å²) in [6.45, 7) is 2.12. The van der Waals surface area contributed by atoms with Gasteiger partial charge in [-0.1, -0.05) is 0 Å². The molecule has 8 heteroatoms. The number of carbonyl (C=O) groups is 1. The zero-order chi connectivity index (χ0) is 14.9. The lowest BCUT2D eigenvalue weighted by molar-refractivity contribution is -0.383. The maximum Gasteiger partial charge on any atom is 0.304 e. The summed E-state index contributed by atoms with van der Waals surface area (Å²) in [5.74, 6) is -0.467. The number of anilines is 1. The summed E-state index contributed by atoms with van der Waals surface area (Å²) in [7, 11) is 0. The van der Waals surface area contributed by atoms with Crippen LogP contribution in [-0.2, 0) is 4.79 Å². The Morgan fingerprint density at radius 3 is 2.90 bits per heavy atom. The number of piperidine rings is 1. The van der Waals surface area contributed by atoms with E-state index in [1.807, 2.05) is 0 Å². The van der Waals surface area contributed by atoms with E-state index in [1.54, 1.807) is 11.8 Å². The number of thiophene rings is 1. The average Bonchev–Trinajstić information content (AvgIpc) is 2.83. The van der Waals surface area contributed by atoms with Crippen molar-refractivity contribution >= 4 is 27.9 Å². The summed E-state index contributed by atoms with van der Waals surface area (Å²) < 4.78 is 0. The van der Waals surface area contributed by atoms with E-state index < -0.39 is 23.0 Å². The molecule has 1 unspecified atom stereocenters. The minimum absolute atomic E-state index is 0.0703. The number of nitro groups is 1. The molecule has 0 bridgehead atoms. The normalized spacial score (nSPS) is 20.7. The minimum atomic E-state index is -0.774. The van der Waals surface area contributed by atoms with Crippen LogP contribution in [0.2, 0.25) is 0 Å². The van der Waals surface area contributed by atoms with E-state index in [1.165, 1.54) is 6.07 Å². The third-order valence-electron chi connectivity index (χ3n) is 3.41. The van der Waals surface area contributed by atoms with Gasteiger partial charge >= 0.3 is 5.69 Å². The molecule has 110 valence electrons. The molecule has 0 saturated carbocycles. The van der Waals surface area contributed by atoms with Crippen molar-refractivity contribution in [3.8, 4) is 0 Å². The lowest BCUT2D eigenvalue weighted by Gasteiger charge is -2.33. The van der Waals surface area contributed by atoms with Crippen molar-refractivity contribution in [1.82, 2.24) is 0 Å². The van der Waals surface area contributed by atoms with Gasteiger partial charge in [0.15, 0.2) is 5.00 Å². The molecule has 1 aliphatic rings. The number of rotatable bonds is 4. The molecule has 1 aliphatic heterocycles. The van der Waals surface area contributed by atoms with Crippen LogP contribution in [0.4, 0.5) is 10.7 Å². The number of amides is 1. The van der Waals surface area contributed by atoms with Crippen molar-refractivity contribution < 1.29 is 14.8 Å². The molecule has 0 aliphatic carbocycles. The Balaban J connectivity index is 2.43. The van der Waals surface area contributed by atoms with Gasteiger partial charge in [0.2, 0.25) is 5.91 Å². The zero-order valence-corrected chi connectivity index (χ0v) is 11.9. The first-order valence-corrected chi connectivity index (χ1v) is 7.25. The molecule has 20 heavy (non-hydrogen) atoms. The number of carbonyl (C=O) groups excluding carboxylic acids is 1. The van der Waals surface area contributed by atoms with Gasteiger partial charge in [-0.05, 0) is 26.2 Å². The summed E-state index contributed by atoms with van der Waals surface area (Å²) in [6.07, 6.45) is 1.58. The first kappa shape index (κ1) is 14.7. The van der Waals surface area contributed by atoms with Crippen LogP contribution in [0.5, 0.6) is 0 Å². The summed E-state index contributed by atoms with van der Waals surface area (Å²) in [5, 5.41) is 21.2.